The molecule has 0 radical (unpaired) electrons. The van der Waals surface area contributed by atoms with Gasteiger partial charge in [-0.15, -0.1) is 0 Å². The fraction of sp³-hybridized carbons (Fsp3) is 0.250. The molecular weight excluding hydrogens is 332 g/mol. The lowest BCUT2D eigenvalue weighted by molar-refractivity contribution is 0.389. The summed E-state index contributed by atoms with van der Waals surface area (Å²) in [6.45, 7) is 1.03. The Labute approximate surface area is 154 Å². The molecule has 0 bridgehead atoms. The number of aromatic nitrogens is 3. The highest BCUT2D eigenvalue weighted by atomic mass is 35.5. The number of hydrogen-bond donors (Lipinski definition) is 0. The number of hydrogen-bond acceptors (Lipinski definition) is 4. The van der Waals surface area contributed by atoms with E-state index < -0.39 is 0 Å². The van der Waals surface area contributed by atoms with Crippen molar-refractivity contribution >= 4 is 11.6 Å². The average Bonchev–Trinajstić information content (AvgIpc) is 2.66. The fourth-order valence-corrected chi connectivity index (χ4v) is 2.53. The molecule has 2 heterocycles. The lowest BCUT2D eigenvalue weighted by Crippen LogP contribution is -2.17. The zero-order valence-corrected chi connectivity index (χ0v) is 15.3. The topological polar surface area (TPSA) is 41.9 Å². The molecule has 3 rings (SSSR count). The molecule has 0 saturated carbocycles. The zero-order chi connectivity index (χ0) is 17.9. The normalized spacial score (nSPS) is 11.5. The van der Waals surface area contributed by atoms with Crippen LogP contribution in [0.1, 0.15) is 23.6 Å². The van der Waals surface area contributed by atoms with Crippen LogP contribution in [0.3, 0.4) is 0 Å². The summed E-state index contributed by atoms with van der Waals surface area (Å²) in [7, 11) is 4.19. The van der Waals surface area contributed by atoms with Gasteiger partial charge in [0.1, 0.15) is 6.33 Å². The van der Waals surface area contributed by atoms with Crippen molar-refractivity contribution in [3.63, 3.8) is 0 Å². The highest BCUT2D eigenvalue weighted by molar-refractivity contribution is 6.30. The first-order valence-electron chi connectivity index (χ1n) is 8.18. The van der Waals surface area contributed by atoms with E-state index in [0.717, 1.165) is 23.7 Å². The third-order valence-electron chi connectivity index (χ3n) is 3.66. The highest BCUT2D eigenvalue weighted by Gasteiger charge is 2.15. The summed E-state index contributed by atoms with van der Waals surface area (Å²) in [4.78, 5) is 14.1. The predicted octanol–water partition coefficient (Wildman–Crippen LogP) is 4.30. The molecule has 25 heavy (non-hydrogen) atoms. The molecule has 5 heteroatoms. The molecular formula is C20H23ClN4. The number of pyridine rings is 1. The average molecular weight is 355 g/mol. The van der Waals surface area contributed by atoms with Crippen molar-refractivity contribution in [2.45, 2.75) is 12.3 Å². The standard InChI is InChI=1S/C16H19ClN2.C4H4N2/c1-19(2)12-10-15(16-5-3-4-11-18-16)13-6-8-14(17)9-7-13;1-2-5-4-6-3-1/h3-9,11,15H,10,12H2,1-2H3;1-4H. The molecule has 4 nitrogen and oxygen atoms in total. The first kappa shape index (κ1) is 19.0. The number of nitrogens with zero attached hydrogens (tertiary/aromatic N) is 4. The van der Waals surface area contributed by atoms with Crippen LogP contribution >= 0.6 is 11.6 Å². The molecule has 1 aromatic carbocycles. The van der Waals surface area contributed by atoms with Gasteiger partial charge >= 0.3 is 0 Å². The van der Waals surface area contributed by atoms with Crippen molar-refractivity contribution in [3.05, 3.63) is 89.7 Å². The summed E-state index contributed by atoms with van der Waals surface area (Å²) < 4.78 is 0. The van der Waals surface area contributed by atoms with Crippen molar-refractivity contribution in [2.24, 2.45) is 0 Å². The Morgan fingerprint density at radius 3 is 2.12 bits per heavy atom. The Hall–Kier alpha value is -2.30. The molecule has 3 aromatic rings. The maximum Gasteiger partial charge on any atom is 0.115 e. The third kappa shape index (κ3) is 6.99. The second-order valence-corrected chi connectivity index (χ2v) is 6.29. The number of rotatable bonds is 5. The molecule has 0 aliphatic rings. The highest BCUT2D eigenvalue weighted by Crippen LogP contribution is 2.27. The predicted molar refractivity (Wildman–Crippen MR) is 103 cm³/mol. The van der Waals surface area contributed by atoms with Gasteiger partial charge in [0.05, 0.1) is 0 Å². The zero-order valence-electron chi connectivity index (χ0n) is 14.6. The molecule has 0 amide bonds. The Morgan fingerprint density at radius 1 is 0.920 bits per heavy atom. The molecule has 0 saturated heterocycles. The lowest BCUT2D eigenvalue weighted by Gasteiger charge is -2.19. The van der Waals surface area contributed by atoms with E-state index in [0.29, 0.717) is 5.92 Å². The van der Waals surface area contributed by atoms with Crippen LogP contribution in [0.5, 0.6) is 0 Å². The van der Waals surface area contributed by atoms with Gasteiger partial charge in [-0.25, -0.2) is 9.97 Å². The summed E-state index contributed by atoms with van der Waals surface area (Å²) in [5.41, 5.74) is 2.39. The van der Waals surface area contributed by atoms with Crippen LogP contribution < -0.4 is 0 Å². The van der Waals surface area contributed by atoms with Crippen molar-refractivity contribution in [1.82, 2.24) is 19.9 Å². The lowest BCUT2D eigenvalue weighted by atomic mass is 9.92. The van der Waals surface area contributed by atoms with Crippen LogP contribution in [0.25, 0.3) is 0 Å². The third-order valence-corrected chi connectivity index (χ3v) is 3.91. The van der Waals surface area contributed by atoms with Gasteiger partial charge < -0.3 is 4.90 Å². The minimum absolute atomic E-state index is 0.320. The summed E-state index contributed by atoms with van der Waals surface area (Å²) in [6, 6.07) is 15.9. The van der Waals surface area contributed by atoms with E-state index in [4.69, 9.17) is 11.6 Å². The van der Waals surface area contributed by atoms with Gasteiger partial charge in [0, 0.05) is 35.2 Å². The van der Waals surface area contributed by atoms with E-state index >= 15 is 0 Å². The van der Waals surface area contributed by atoms with E-state index in [-0.39, 0.29) is 0 Å². The monoisotopic (exact) mass is 354 g/mol. The van der Waals surface area contributed by atoms with E-state index in [1.165, 1.54) is 11.9 Å². The van der Waals surface area contributed by atoms with Crippen LogP contribution in [0.15, 0.2) is 73.4 Å². The summed E-state index contributed by atoms with van der Waals surface area (Å²) in [5, 5.41) is 0.774. The van der Waals surface area contributed by atoms with Crippen LogP contribution in [0.4, 0.5) is 0 Å². The van der Waals surface area contributed by atoms with Crippen LogP contribution in [0.2, 0.25) is 5.02 Å². The van der Waals surface area contributed by atoms with Gasteiger partial charge in [-0.05, 0) is 63.0 Å². The first-order valence-corrected chi connectivity index (χ1v) is 8.55. The summed E-state index contributed by atoms with van der Waals surface area (Å²) in [5.74, 6) is 0.320. The van der Waals surface area contributed by atoms with E-state index in [9.17, 15) is 0 Å². The quantitative estimate of drug-likeness (QED) is 0.685. The molecule has 1 atom stereocenters. The van der Waals surface area contributed by atoms with Crippen molar-refractivity contribution in [3.8, 4) is 0 Å². The number of benzene rings is 1. The van der Waals surface area contributed by atoms with Crippen LogP contribution in [-0.4, -0.2) is 40.5 Å². The van der Waals surface area contributed by atoms with Gasteiger partial charge in [-0.2, -0.15) is 0 Å². The fourth-order valence-electron chi connectivity index (χ4n) is 2.40. The molecule has 130 valence electrons. The summed E-state index contributed by atoms with van der Waals surface area (Å²) >= 11 is 5.97. The van der Waals surface area contributed by atoms with Crippen LogP contribution in [0, 0.1) is 0 Å². The van der Waals surface area contributed by atoms with Gasteiger partial charge in [0.2, 0.25) is 0 Å². The Morgan fingerprint density at radius 2 is 1.64 bits per heavy atom. The van der Waals surface area contributed by atoms with Gasteiger partial charge in [0.25, 0.3) is 0 Å². The molecule has 0 spiro atoms. The van der Waals surface area contributed by atoms with Crippen LogP contribution in [-0.2, 0) is 0 Å². The van der Waals surface area contributed by atoms with E-state index in [1.54, 1.807) is 18.5 Å². The molecule has 0 fully saturated rings. The largest absolute Gasteiger partial charge is 0.309 e. The minimum atomic E-state index is 0.320. The van der Waals surface area contributed by atoms with E-state index in [1.807, 2.05) is 30.5 Å². The molecule has 0 aliphatic heterocycles. The SMILES string of the molecule is CN(C)CCC(c1ccc(Cl)cc1)c1ccccn1.c1cncnc1. The maximum absolute atomic E-state index is 5.97. The van der Waals surface area contributed by atoms with Crippen molar-refractivity contribution in [2.75, 3.05) is 20.6 Å². The molecule has 2 aromatic heterocycles. The Kier molecular flexibility index (Phi) is 8.02. The summed E-state index contributed by atoms with van der Waals surface area (Å²) in [6.07, 6.45) is 7.78. The van der Waals surface area contributed by atoms with Crippen molar-refractivity contribution in [1.29, 1.82) is 0 Å². The smallest absolute Gasteiger partial charge is 0.115 e. The van der Waals surface area contributed by atoms with Gasteiger partial charge in [-0.1, -0.05) is 29.8 Å². The first-order chi connectivity index (χ1) is 12.2. The van der Waals surface area contributed by atoms with Gasteiger partial charge in [-0.3, -0.25) is 4.98 Å². The van der Waals surface area contributed by atoms with E-state index in [2.05, 4.69) is 52.1 Å². The van der Waals surface area contributed by atoms with Gasteiger partial charge in [0.15, 0.2) is 0 Å². The maximum atomic E-state index is 5.97. The Balaban J connectivity index is 0.000000316. The number of halogens is 1. The molecule has 1 unspecified atom stereocenters. The minimum Gasteiger partial charge on any atom is -0.309 e. The second-order valence-electron chi connectivity index (χ2n) is 5.85. The Bertz CT molecular complexity index is 676. The van der Waals surface area contributed by atoms with Crippen molar-refractivity contribution < 1.29 is 0 Å². The molecule has 0 aliphatic carbocycles. The molecule has 0 N–H and O–H groups in total. The second kappa shape index (κ2) is 10.5.